The molecule has 0 bridgehead atoms. The van der Waals surface area contributed by atoms with E-state index in [2.05, 4.69) is 26.3 Å². The van der Waals surface area contributed by atoms with Crippen LogP contribution < -0.4 is 10.9 Å². The predicted molar refractivity (Wildman–Crippen MR) is 144 cm³/mol. The number of hydrogen-bond donors (Lipinski definition) is 1. The predicted octanol–water partition coefficient (Wildman–Crippen LogP) is 4.18. The maximum atomic E-state index is 12.9. The fraction of sp³-hybridized carbons (Fsp3) is 0.519. The Morgan fingerprint density at radius 3 is 2.39 bits per heavy atom. The summed E-state index contributed by atoms with van der Waals surface area (Å²) in [6.45, 7) is 4.39. The van der Waals surface area contributed by atoms with Crippen LogP contribution in [0.1, 0.15) is 61.6 Å². The molecule has 0 radical (unpaired) electrons. The lowest BCUT2D eigenvalue weighted by molar-refractivity contribution is 0.223. The van der Waals surface area contributed by atoms with E-state index in [1.54, 1.807) is 6.07 Å². The van der Waals surface area contributed by atoms with Crippen molar-refractivity contribution in [2.45, 2.75) is 57.4 Å². The Kier molecular flexibility index (Phi) is 7.12. The number of fused-ring (bicyclic) bond motifs is 1. The highest BCUT2D eigenvalue weighted by atomic mass is 32.2. The molecule has 192 valence electrons. The molecule has 5 rings (SSSR count). The first kappa shape index (κ1) is 24.9. The van der Waals surface area contributed by atoms with Crippen LogP contribution in [0.2, 0.25) is 0 Å². The van der Waals surface area contributed by atoms with Crippen LogP contribution in [0.15, 0.2) is 41.5 Å². The third-order valence-corrected chi connectivity index (χ3v) is 8.64. The quantitative estimate of drug-likeness (QED) is 0.510. The minimum Gasteiger partial charge on any atom is -0.325 e. The highest BCUT2D eigenvalue weighted by molar-refractivity contribution is 7.90. The molecule has 8 nitrogen and oxygen atoms in total. The molecule has 1 saturated carbocycles. The zero-order valence-corrected chi connectivity index (χ0v) is 21.9. The van der Waals surface area contributed by atoms with Crippen LogP contribution in [0.5, 0.6) is 0 Å². The molecule has 3 aromatic rings. The summed E-state index contributed by atoms with van der Waals surface area (Å²) in [7, 11) is -2.92. The van der Waals surface area contributed by atoms with Crippen molar-refractivity contribution < 1.29 is 8.42 Å². The third-order valence-electron chi connectivity index (χ3n) is 7.71. The van der Waals surface area contributed by atoms with Crippen LogP contribution in [-0.4, -0.2) is 59.5 Å². The van der Waals surface area contributed by atoms with Crippen molar-refractivity contribution in [2.75, 3.05) is 37.0 Å². The van der Waals surface area contributed by atoms with Crippen LogP contribution >= 0.6 is 0 Å². The van der Waals surface area contributed by atoms with Gasteiger partial charge in [-0.3, -0.25) is 4.79 Å². The summed E-state index contributed by atoms with van der Waals surface area (Å²) < 4.78 is 24.8. The number of nitrogens with zero attached hydrogens (tertiary/aromatic N) is 4. The Morgan fingerprint density at radius 1 is 1.00 bits per heavy atom. The zero-order valence-electron chi connectivity index (χ0n) is 21.1. The minimum atomic E-state index is -2.92. The van der Waals surface area contributed by atoms with E-state index in [4.69, 9.17) is 0 Å². The lowest BCUT2D eigenvalue weighted by atomic mass is 9.90. The van der Waals surface area contributed by atoms with E-state index in [1.807, 2.05) is 36.0 Å². The van der Waals surface area contributed by atoms with Crippen molar-refractivity contribution in [2.24, 2.45) is 0 Å². The van der Waals surface area contributed by atoms with E-state index < -0.39 is 9.84 Å². The molecular weight excluding hydrogens is 474 g/mol. The Labute approximate surface area is 212 Å². The topological polar surface area (TPSA) is 97.2 Å². The highest BCUT2D eigenvalue weighted by Gasteiger charge is 2.22. The largest absolute Gasteiger partial charge is 0.325 e. The summed E-state index contributed by atoms with van der Waals surface area (Å²) in [4.78, 5) is 24.4. The summed E-state index contributed by atoms with van der Waals surface area (Å²) in [5.74, 6) is 2.06. The first-order valence-electron chi connectivity index (χ1n) is 12.9. The van der Waals surface area contributed by atoms with Crippen molar-refractivity contribution in [1.29, 1.82) is 0 Å². The third kappa shape index (κ3) is 5.62. The van der Waals surface area contributed by atoms with Gasteiger partial charge in [-0.05, 0) is 68.8 Å². The molecule has 2 aliphatic rings. The first-order valence-corrected chi connectivity index (χ1v) is 15.0. The molecule has 0 amide bonds. The lowest BCUT2D eigenvalue weighted by Gasteiger charge is -2.31. The van der Waals surface area contributed by atoms with Gasteiger partial charge >= 0.3 is 0 Å². The number of pyridine rings is 3. The second-order valence-corrected chi connectivity index (χ2v) is 12.7. The molecule has 0 atom stereocenters. The number of aryl methyl sites for hydroxylation is 1. The monoisotopic (exact) mass is 509 g/mol. The molecule has 1 aliphatic carbocycles. The number of rotatable bonds is 7. The average molecular weight is 510 g/mol. The molecule has 3 aromatic heterocycles. The molecule has 0 aromatic carbocycles. The zero-order chi connectivity index (χ0) is 25.3. The Bertz CT molecular complexity index is 1390. The van der Waals surface area contributed by atoms with Crippen LogP contribution in [-0.2, 0) is 9.84 Å². The number of hydrogen-bond acceptors (Lipinski definition) is 7. The molecule has 0 unspecified atom stereocenters. The maximum Gasteiger partial charge on any atom is 0.251 e. The fourth-order valence-electron chi connectivity index (χ4n) is 5.64. The molecule has 36 heavy (non-hydrogen) atoms. The van der Waals surface area contributed by atoms with E-state index >= 15 is 0 Å². The van der Waals surface area contributed by atoms with E-state index in [9.17, 15) is 13.2 Å². The molecule has 1 saturated heterocycles. The summed E-state index contributed by atoms with van der Waals surface area (Å²) >= 11 is 0. The summed E-state index contributed by atoms with van der Waals surface area (Å²) in [6.07, 6.45) is 11.5. The lowest BCUT2D eigenvalue weighted by Crippen LogP contribution is -2.36. The molecule has 9 heteroatoms. The smallest absolute Gasteiger partial charge is 0.251 e. The van der Waals surface area contributed by atoms with E-state index in [0.717, 1.165) is 61.1 Å². The van der Waals surface area contributed by atoms with Crippen molar-refractivity contribution in [3.05, 3.63) is 58.1 Å². The summed E-state index contributed by atoms with van der Waals surface area (Å²) in [6, 6.07) is 8.06. The first-order chi connectivity index (χ1) is 17.3. The number of aromatic nitrogens is 3. The van der Waals surface area contributed by atoms with Crippen molar-refractivity contribution in [1.82, 2.24) is 19.4 Å². The van der Waals surface area contributed by atoms with Gasteiger partial charge in [-0.15, -0.1) is 0 Å². The molecule has 0 spiro atoms. The minimum absolute atomic E-state index is 0.0638. The number of sulfone groups is 1. The summed E-state index contributed by atoms with van der Waals surface area (Å²) in [5.41, 5.74) is 3.16. The van der Waals surface area contributed by atoms with Crippen LogP contribution in [0.4, 0.5) is 11.6 Å². The molecular formula is C27H35N5O3S. The number of piperidine rings is 1. The molecule has 4 heterocycles. The van der Waals surface area contributed by atoms with Gasteiger partial charge in [-0.1, -0.05) is 18.9 Å². The van der Waals surface area contributed by atoms with Crippen molar-refractivity contribution >= 4 is 32.4 Å². The van der Waals surface area contributed by atoms with Gasteiger partial charge in [0, 0.05) is 48.8 Å². The van der Waals surface area contributed by atoms with Crippen molar-refractivity contribution in [3.8, 4) is 0 Å². The maximum absolute atomic E-state index is 12.9. The molecule has 1 N–H and O–H groups in total. The fourth-order valence-corrected chi connectivity index (χ4v) is 6.23. The molecule has 1 aliphatic heterocycles. The van der Waals surface area contributed by atoms with Gasteiger partial charge in [-0.2, -0.15) is 0 Å². The number of likely N-dealkylation sites (tertiary alicyclic amines) is 1. The van der Waals surface area contributed by atoms with Gasteiger partial charge in [0.2, 0.25) is 0 Å². The van der Waals surface area contributed by atoms with Crippen LogP contribution in [0.3, 0.4) is 0 Å². The second-order valence-electron chi connectivity index (χ2n) is 10.4. The number of anilines is 2. The highest BCUT2D eigenvalue weighted by Crippen LogP contribution is 2.32. The van der Waals surface area contributed by atoms with Crippen LogP contribution in [0, 0.1) is 6.92 Å². The normalized spacial score (nSPS) is 18.2. The Balaban J connectivity index is 1.28. The van der Waals surface area contributed by atoms with Gasteiger partial charge in [0.1, 0.15) is 21.5 Å². The Hall–Kier alpha value is -2.78. The van der Waals surface area contributed by atoms with Crippen LogP contribution in [0.25, 0.3) is 10.9 Å². The van der Waals surface area contributed by atoms with E-state index in [-0.39, 0.29) is 17.4 Å². The SMILES string of the molecule is Cc1cc(=O)n(C2CCCC2)c2cc(Nc3ccc(C4CCN(CCS(C)(=O)=O)CC4)cn3)ncc12. The van der Waals surface area contributed by atoms with E-state index in [1.165, 1.54) is 24.7 Å². The van der Waals surface area contributed by atoms with Gasteiger partial charge in [-0.25, -0.2) is 18.4 Å². The van der Waals surface area contributed by atoms with Gasteiger partial charge in [0.25, 0.3) is 5.56 Å². The summed E-state index contributed by atoms with van der Waals surface area (Å²) in [5, 5.41) is 4.33. The second kappa shape index (κ2) is 10.3. The van der Waals surface area contributed by atoms with Crippen molar-refractivity contribution in [3.63, 3.8) is 0 Å². The van der Waals surface area contributed by atoms with E-state index in [0.29, 0.717) is 18.3 Å². The average Bonchev–Trinajstić information content (AvgIpc) is 3.37. The molecule has 2 fully saturated rings. The van der Waals surface area contributed by atoms with Gasteiger partial charge in [0.05, 0.1) is 11.3 Å². The number of nitrogens with one attached hydrogen (secondary N) is 1. The Morgan fingerprint density at radius 2 is 1.72 bits per heavy atom. The van der Waals surface area contributed by atoms with Gasteiger partial charge in [0.15, 0.2) is 0 Å². The van der Waals surface area contributed by atoms with Gasteiger partial charge < -0.3 is 14.8 Å². The standard InChI is InChI=1S/C27H35N5O3S/c1-19-15-27(33)32(22-5-3-4-6-22)24-16-26(29-18-23(19)24)30-25-8-7-21(17-28-25)20-9-11-31(12-10-20)13-14-36(2,34)35/h7-8,15-18,20,22H,3-6,9-14H2,1-2H3,(H,28,29,30).